The summed E-state index contributed by atoms with van der Waals surface area (Å²) in [5, 5.41) is 28.4. The van der Waals surface area contributed by atoms with Crippen LogP contribution in [0.1, 0.15) is 26.2 Å². The Morgan fingerprint density at radius 2 is 2.24 bits per heavy atom. The maximum atomic E-state index is 10.6. The van der Waals surface area contributed by atoms with Crippen molar-refractivity contribution in [2.45, 2.75) is 56.8 Å². The lowest BCUT2D eigenvalue weighted by atomic mass is 10.0. The molecule has 5 atom stereocenters. The molecule has 5 N–H and O–H groups in total. The number of unbranched alkanes of at least 4 members (excludes halogenated alkanes) is 1. The zero-order valence-corrected chi connectivity index (χ0v) is 13.0. The number of aliphatic hydroxyl groups excluding tert-OH is 2. The topological polar surface area (TPSA) is 122 Å². The van der Waals surface area contributed by atoms with Crippen LogP contribution in [0.3, 0.4) is 0 Å². The molecule has 1 fully saturated rings. The highest BCUT2D eigenvalue weighted by molar-refractivity contribution is 7.99. The quantitative estimate of drug-likeness (QED) is 0.430. The first kappa shape index (κ1) is 18.7. The molecule has 0 aromatic rings. The molecule has 1 saturated heterocycles. The highest BCUT2D eigenvalue weighted by Gasteiger charge is 2.37. The molecule has 0 aromatic carbocycles. The van der Waals surface area contributed by atoms with Gasteiger partial charge < -0.3 is 30.5 Å². The average Bonchev–Trinajstić information content (AvgIpc) is 2.43. The van der Waals surface area contributed by atoms with Crippen molar-refractivity contribution in [3.63, 3.8) is 0 Å². The van der Waals surface area contributed by atoms with E-state index in [9.17, 15) is 15.0 Å². The lowest BCUT2D eigenvalue weighted by Crippen LogP contribution is -2.50. The van der Waals surface area contributed by atoms with Gasteiger partial charge in [-0.05, 0) is 6.42 Å². The van der Waals surface area contributed by atoms with Crippen LogP contribution >= 0.6 is 11.8 Å². The summed E-state index contributed by atoms with van der Waals surface area (Å²) in [4.78, 5) is 10.6. The van der Waals surface area contributed by atoms with Crippen LogP contribution in [-0.2, 0) is 14.3 Å². The van der Waals surface area contributed by atoms with Gasteiger partial charge in [-0.2, -0.15) is 11.8 Å². The summed E-state index contributed by atoms with van der Waals surface area (Å²) in [6.07, 6.45) is -0.953. The molecule has 0 saturated carbocycles. The second-order valence-electron chi connectivity index (χ2n) is 5.13. The van der Waals surface area contributed by atoms with Crippen LogP contribution in [0.15, 0.2) is 0 Å². The minimum Gasteiger partial charge on any atom is -0.480 e. The smallest absolute Gasteiger partial charge is 0.321 e. The fraction of sp³-hybridized carbons (Fsp3) is 0.923. The Labute approximate surface area is 128 Å². The summed E-state index contributed by atoms with van der Waals surface area (Å²) in [6, 6.07) is -0.911. The molecule has 0 bridgehead atoms. The summed E-state index contributed by atoms with van der Waals surface area (Å²) in [5.41, 5.74) is 5.41. The van der Waals surface area contributed by atoms with Crippen LogP contribution in [0.2, 0.25) is 0 Å². The van der Waals surface area contributed by atoms with Crippen LogP contribution in [0, 0.1) is 0 Å². The lowest BCUT2D eigenvalue weighted by Gasteiger charge is -2.36. The summed E-state index contributed by atoms with van der Waals surface area (Å²) >= 11 is 1.35. The van der Waals surface area contributed by atoms with E-state index in [0.717, 1.165) is 12.8 Å². The molecular formula is C13H25NO6S. The molecule has 124 valence electrons. The van der Waals surface area contributed by atoms with Crippen molar-refractivity contribution in [2.75, 3.05) is 18.1 Å². The molecule has 0 spiro atoms. The third kappa shape index (κ3) is 6.50. The number of ether oxygens (including phenoxy) is 2. The van der Waals surface area contributed by atoms with Crippen molar-refractivity contribution in [1.29, 1.82) is 0 Å². The number of carbonyl (C=O) groups is 1. The molecule has 1 aliphatic heterocycles. The Morgan fingerprint density at radius 1 is 1.52 bits per heavy atom. The zero-order valence-electron chi connectivity index (χ0n) is 12.2. The average molecular weight is 323 g/mol. The monoisotopic (exact) mass is 323 g/mol. The van der Waals surface area contributed by atoms with E-state index in [0.29, 0.717) is 18.8 Å². The first-order chi connectivity index (χ1) is 9.95. The third-order valence-electron chi connectivity index (χ3n) is 3.20. The van der Waals surface area contributed by atoms with Gasteiger partial charge in [0.05, 0.1) is 12.2 Å². The van der Waals surface area contributed by atoms with E-state index in [1.807, 2.05) is 6.92 Å². The summed E-state index contributed by atoms with van der Waals surface area (Å²) in [6.45, 7) is 2.50. The molecule has 0 radical (unpaired) electrons. The molecule has 5 unspecified atom stereocenters. The van der Waals surface area contributed by atoms with Crippen molar-refractivity contribution in [1.82, 2.24) is 0 Å². The highest BCUT2D eigenvalue weighted by Crippen LogP contribution is 2.24. The number of aliphatic carboxylic acids is 1. The van der Waals surface area contributed by atoms with Crippen molar-refractivity contribution in [2.24, 2.45) is 5.73 Å². The van der Waals surface area contributed by atoms with Crippen molar-refractivity contribution < 1.29 is 29.6 Å². The van der Waals surface area contributed by atoms with Gasteiger partial charge in [0.25, 0.3) is 0 Å². The number of nitrogens with two attached hydrogens (primary N) is 1. The van der Waals surface area contributed by atoms with E-state index >= 15 is 0 Å². The Bertz CT molecular complexity index is 319. The third-order valence-corrected chi connectivity index (χ3v) is 4.40. The zero-order chi connectivity index (χ0) is 15.8. The van der Waals surface area contributed by atoms with Gasteiger partial charge >= 0.3 is 5.97 Å². The standard InChI is InChI=1S/C13H25NO6S/c1-2-3-4-19-13-11(16)10(15)5-8(20-13)6-21-7-9(14)12(17)18/h8-11,13,15-16H,2-7,14H2,1H3,(H,17,18). The summed E-state index contributed by atoms with van der Waals surface area (Å²) in [7, 11) is 0. The van der Waals surface area contributed by atoms with E-state index < -0.39 is 30.5 Å². The first-order valence-corrected chi connectivity index (χ1v) is 8.30. The van der Waals surface area contributed by atoms with Crippen molar-refractivity contribution >= 4 is 17.7 Å². The van der Waals surface area contributed by atoms with Gasteiger partial charge in [-0.3, -0.25) is 4.79 Å². The maximum Gasteiger partial charge on any atom is 0.321 e. The predicted octanol–water partition coefficient (Wildman–Crippen LogP) is -0.215. The van der Waals surface area contributed by atoms with Crippen molar-refractivity contribution in [3.8, 4) is 0 Å². The van der Waals surface area contributed by atoms with E-state index in [1.54, 1.807) is 0 Å². The number of rotatable bonds is 9. The maximum absolute atomic E-state index is 10.6. The van der Waals surface area contributed by atoms with Gasteiger partial charge in [-0.1, -0.05) is 13.3 Å². The van der Waals surface area contributed by atoms with Gasteiger partial charge in [0.1, 0.15) is 12.1 Å². The van der Waals surface area contributed by atoms with Gasteiger partial charge in [0, 0.05) is 24.5 Å². The van der Waals surface area contributed by atoms with Crippen LogP contribution < -0.4 is 5.73 Å². The van der Waals surface area contributed by atoms with Crippen molar-refractivity contribution in [3.05, 3.63) is 0 Å². The molecule has 1 heterocycles. The molecule has 1 aliphatic rings. The minimum atomic E-state index is -1.05. The molecule has 0 aromatic heterocycles. The second-order valence-corrected chi connectivity index (χ2v) is 6.20. The number of hydrogen-bond acceptors (Lipinski definition) is 7. The van der Waals surface area contributed by atoms with Crippen LogP contribution in [0.5, 0.6) is 0 Å². The van der Waals surface area contributed by atoms with Crippen LogP contribution in [0.25, 0.3) is 0 Å². The Kier molecular flexibility index (Phi) is 8.53. The Balaban J connectivity index is 2.36. The summed E-state index contributed by atoms with van der Waals surface area (Å²) < 4.78 is 11.1. The van der Waals surface area contributed by atoms with Crippen LogP contribution in [0.4, 0.5) is 0 Å². The molecule has 0 amide bonds. The first-order valence-electron chi connectivity index (χ1n) is 7.15. The number of thioether (sulfide) groups is 1. The fourth-order valence-electron chi connectivity index (χ4n) is 1.90. The largest absolute Gasteiger partial charge is 0.480 e. The van der Waals surface area contributed by atoms with Crippen LogP contribution in [-0.4, -0.2) is 70.0 Å². The second kappa shape index (κ2) is 9.60. The Morgan fingerprint density at radius 3 is 2.86 bits per heavy atom. The number of carboxylic acid groups (broad SMARTS) is 1. The lowest BCUT2D eigenvalue weighted by molar-refractivity contribution is -0.262. The highest BCUT2D eigenvalue weighted by atomic mass is 32.2. The van der Waals surface area contributed by atoms with E-state index in [1.165, 1.54) is 11.8 Å². The number of hydrogen-bond donors (Lipinski definition) is 4. The molecule has 1 rings (SSSR count). The van der Waals surface area contributed by atoms with E-state index in [2.05, 4.69) is 0 Å². The SMILES string of the molecule is CCCCOC1OC(CSCC(N)C(=O)O)CC(O)C1O. The normalized spacial score (nSPS) is 31.0. The predicted molar refractivity (Wildman–Crippen MR) is 79.1 cm³/mol. The van der Waals surface area contributed by atoms with Gasteiger partial charge in [0.15, 0.2) is 6.29 Å². The summed E-state index contributed by atoms with van der Waals surface area (Å²) in [5.74, 6) is -0.267. The van der Waals surface area contributed by atoms with Gasteiger partial charge in [-0.15, -0.1) is 0 Å². The van der Waals surface area contributed by atoms with E-state index in [-0.39, 0.29) is 11.9 Å². The fourth-order valence-corrected chi connectivity index (χ4v) is 2.91. The molecular weight excluding hydrogens is 298 g/mol. The molecule has 0 aliphatic carbocycles. The molecule has 21 heavy (non-hydrogen) atoms. The Hall–Kier alpha value is -0.380. The minimum absolute atomic E-state index is 0.273. The van der Waals surface area contributed by atoms with E-state index in [4.69, 9.17) is 20.3 Å². The molecule has 8 heteroatoms. The number of carboxylic acids is 1. The number of aliphatic hydroxyl groups is 2. The molecule has 7 nitrogen and oxygen atoms in total. The van der Waals surface area contributed by atoms with Gasteiger partial charge in [0.2, 0.25) is 0 Å². The van der Waals surface area contributed by atoms with Gasteiger partial charge in [-0.25, -0.2) is 0 Å².